The molecular formula is C12H15. The number of hydrogen-bond donors (Lipinski definition) is 0. The average molecular weight is 159 g/mol. The fourth-order valence-electron chi connectivity index (χ4n) is 1.04. The number of rotatable bonds is 3. The lowest BCUT2D eigenvalue weighted by Crippen LogP contribution is -1.80. The first-order valence-corrected chi connectivity index (χ1v) is 4.29. The summed E-state index contributed by atoms with van der Waals surface area (Å²) in [6, 6.07) is 10.5. The summed E-state index contributed by atoms with van der Waals surface area (Å²) in [6.45, 7) is 4.23. The molecule has 0 aliphatic rings. The maximum Gasteiger partial charge on any atom is -0.00891 e. The Morgan fingerprint density at radius 1 is 1.17 bits per heavy atom. The number of hydrogen-bond acceptors (Lipinski definition) is 0. The van der Waals surface area contributed by atoms with Crippen LogP contribution in [-0.4, -0.2) is 0 Å². The second-order valence-corrected chi connectivity index (χ2v) is 3.17. The van der Waals surface area contributed by atoms with Gasteiger partial charge >= 0.3 is 0 Å². The number of benzene rings is 1. The van der Waals surface area contributed by atoms with Gasteiger partial charge in [-0.15, -0.1) is 0 Å². The van der Waals surface area contributed by atoms with E-state index in [2.05, 4.69) is 50.3 Å². The highest BCUT2D eigenvalue weighted by atomic mass is 13.9. The minimum absolute atomic E-state index is 1.03. The summed E-state index contributed by atoms with van der Waals surface area (Å²) in [5.74, 6) is 1.35. The minimum atomic E-state index is 1.03. The smallest absolute Gasteiger partial charge is 0.00891 e. The highest BCUT2D eigenvalue weighted by molar-refractivity contribution is 5.18. The molecule has 1 aromatic carbocycles. The monoisotopic (exact) mass is 159 g/mol. The maximum atomic E-state index is 2.20. The Bertz CT molecular complexity index is 231. The number of allylic oxidation sites excluding steroid dienone is 2. The molecule has 0 aliphatic heterocycles. The predicted molar refractivity (Wildman–Crippen MR) is 53.9 cm³/mol. The molecule has 0 bridgehead atoms. The van der Waals surface area contributed by atoms with Crippen LogP contribution in [0.1, 0.15) is 19.4 Å². The van der Waals surface area contributed by atoms with Gasteiger partial charge in [-0.3, -0.25) is 0 Å². The minimum Gasteiger partial charge on any atom is -0.0836 e. The topological polar surface area (TPSA) is 0 Å². The van der Waals surface area contributed by atoms with Gasteiger partial charge in [0.25, 0.3) is 0 Å². The molecule has 0 fully saturated rings. The highest BCUT2D eigenvalue weighted by Gasteiger charge is 1.87. The van der Waals surface area contributed by atoms with Crippen LogP contribution in [0.5, 0.6) is 0 Å². The van der Waals surface area contributed by atoms with Crippen molar-refractivity contribution in [3.05, 3.63) is 54.0 Å². The second kappa shape index (κ2) is 4.76. The summed E-state index contributed by atoms with van der Waals surface area (Å²) in [4.78, 5) is 0. The van der Waals surface area contributed by atoms with Crippen molar-refractivity contribution in [1.29, 1.82) is 0 Å². The van der Waals surface area contributed by atoms with Crippen molar-refractivity contribution in [1.82, 2.24) is 0 Å². The lowest BCUT2D eigenvalue weighted by atomic mass is 10.1. The molecule has 0 heterocycles. The summed E-state index contributed by atoms with van der Waals surface area (Å²) in [5, 5.41) is 0. The Hall–Kier alpha value is -1.04. The van der Waals surface area contributed by atoms with E-state index in [0.717, 1.165) is 6.42 Å². The van der Waals surface area contributed by atoms with Crippen LogP contribution >= 0.6 is 0 Å². The van der Waals surface area contributed by atoms with E-state index in [1.807, 2.05) is 6.07 Å². The molecule has 1 rings (SSSR count). The first-order chi connectivity index (χ1) is 5.79. The summed E-state index contributed by atoms with van der Waals surface area (Å²) >= 11 is 0. The van der Waals surface area contributed by atoms with Crippen molar-refractivity contribution >= 4 is 0 Å². The molecular weight excluding hydrogens is 144 g/mol. The van der Waals surface area contributed by atoms with Gasteiger partial charge in [0.2, 0.25) is 0 Å². The van der Waals surface area contributed by atoms with Crippen molar-refractivity contribution in [3.63, 3.8) is 0 Å². The average Bonchev–Trinajstić information content (AvgIpc) is 2.05. The van der Waals surface area contributed by atoms with E-state index in [-0.39, 0.29) is 0 Å². The fraction of sp³-hybridized carbons (Fsp3) is 0.250. The third kappa shape index (κ3) is 3.38. The third-order valence-corrected chi connectivity index (χ3v) is 1.65. The van der Waals surface area contributed by atoms with Gasteiger partial charge in [-0.1, -0.05) is 56.3 Å². The quantitative estimate of drug-likeness (QED) is 0.634. The van der Waals surface area contributed by atoms with Crippen LogP contribution in [0.2, 0.25) is 0 Å². The Balaban J connectivity index is 2.43. The normalized spacial score (nSPS) is 11.2. The molecule has 0 spiro atoms. The SMILES string of the molecule is C[C](C)/C=C/Cc1ccccc1. The Morgan fingerprint density at radius 2 is 1.83 bits per heavy atom. The lowest BCUT2D eigenvalue weighted by molar-refractivity contribution is 1.17. The van der Waals surface area contributed by atoms with Gasteiger partial charge in [0, 0.05) is 0 Å². The summed E-state index contributed by atoms with van der Waals surface area (Å²) in [5.41, 5.74) is 1.37. The Kier molecular flexibility index (Phi) is 3.59. The van der Waals surface area contributed by atoms with E-state index in [9.17, 15) is 0 Å². The zero-order valence-electron chi connectivity index (χ0n) is 7.75. The molecule has 0 unspecified atom stereocenters. The molecule has 1 radical (unpaired) electrons. The Labute approximate surface area is 74.9 Å². The van der Waals surface area contributed by atoms with E-state index in [1.165, 1.54) is 11.5 Å². The highest BCUT2D eigenvalue weighted by Crippen LogP contribution is 2.02. The molecule has 0 atom stereocenters. The van der Waals surface area contributed by atoms with E-state index in [4.69, 9.17) is 0 Å². The van der Waals surface area contributed by atoms with E-state index in [1.54, 1.807) is 0 Å². The first-order valence-electron chi connectivity index (χ1n) is 4.29. The zero-order valence-corrected chi connectivity index (χ0v) is 7.75. The fourth-order valence-corrected chi connectivity index (χ4v) is 1.04. The largest absolute Gasteiger partial charge is 0.0836 e. The van der Waals surface area contributed by atoms with Gasteiger partial charge in [-0.05, 0) is 17.9 Å². The third-order valence-electron chi connectivity index (χ3n) is 1.65. The molecule has 1 aromatic rings. The molecule has 0 N–H and O–H groups in total. The molecule has 0 nitrogen and oxygen atoms in total. The summed E-state index contributed by atoms with van der Waals surface area (Å²) in [6.07, 6.45) is 5.39. The van der Waals surface area contributed by atoms with Crippen LogP contribution < -0.4 is 0 Å². The van der Waals surface area contributed by atoms with Crippen molar-refractivity contribution in [2.24, 2.45) is 0 Å². The summed E-state index contributed by atoms with van der Waals surface area (Å²) < 4.78 is 0. The van der Waals surface area contributed by atoms with Crippen molar-refractivity contribution in [2.45, 2.75) is 20.3 Å². The van der Waals surface area contributed by atoms with Crippen molar-refractivity contribution in [2.75, 3.05) is 0 Å². The predicted octanol–water partition coefficient (Wildman–Crippen LogP) is 3.40. The maximum absolute atomic E-state index is 2.20. The molecule has 0 amide bonds. The van der Waals surface area contributed by atoms with Crippen LogP contribution in [0.15, 0.2) is 42.5 Å². The van der Waals surface area contributed by atoms with Gasteiger partial charge in [0.15, 0.2) is 0 Å². The van der Waals surface area contributed by atoms with Crippen LogP contribution in [0, 0.1) is 5.92 Å². The molecule has 0 aliphatic carbocycles. The molecule has 0 aromatic heterocycles. The van der Waals surface area contributed by atoms with E-state index in [0.29, 0.717) is 0 Å². The van der Waals surface area contributed by atoms with Crippen LogP contribution in [-0.2, 0) is 6.42 Å². The molecule has 0 saturated carbocycles. The second-order valence-electron chi connectivity index (χ2n) is 3.17. The molecule has 0 saturated heterocycles. The van der Waals surface area contributed by atoms with Gasteiger partial charge in [0.05, 0.1) is 0 Å². The van der Waals surface area contributed by atoms with Crippen LogP contribution in [0.25, 0.3) is 0 Å². The van der Waals surface area contributed by atoms with Crippen LogP contribution in [0.4, 0.5) is 0 Å². The van der Waals surface area contributed by atoms with Crippen molar-refractivity contribution in [3.8, 4) is 0 Å². The van der Waals surface area contributed by atoms with Gasteiger partial charge in [-0.25, -0.2) is 0 Å². The zero-order chi connectivity index (χ0) is 8.81. The van der Waals surface area contributed by atoms with Crippen LogP contribution in [0.3, 0.4) is 0 Å². The van der Waals surface area contributed by atoms with Crippen molar-refractivity contribution < 1.29 is 0 Å². The molecule has 0 heteroatoms. The van der Waals surface area contributed by atoms with Gasteiger partial charge < -0.3 is 0 Å². The van der Waals surface area contributed by atoms with Gasteiger partial charge in [0.1, 0.15) is 0 Å². The summed E-state index contributed by atoms with van der Waals surface area (Å²) in [7, 11) is 0. The molecule has 63 valence electrons. The van der Waals surface area contributed by atoms with Gasteiger partial charge in [-0.2, -0.15) is 0 Å². The standard InChI is InChI=1S/C12H15/c1-11(2)7-6-10-12-8-4-3-5-9-12/h3-9H,10H2,1-2H3/b7-6+. The first kappa shape index (κ1) is 9.05. The lowest BCUT2D eigenvalue weighted by Gasteiger charge is -1.95. The Morgan fingerprint density at radius 3 is 2.42 bits per heavy atom. The van der Waals surface area contributed by atoms with E-state index >= 15 is 0 Å². The van der Waals surface area contributed by atoms with E-state index < -0.39 is 0 Å². The molecule has 12 heavy (non-hydrogen) atoms.